The highest BCUT2D eigenvalue weighted by Gasteiger charge is 2.38. The first-order valence-electron chi connectivity index (χ1n) is 9.44. The van der Waals surface area contributed by atoms with Crippen molar-refractivity contribution in [3.05, 3.63) is 89.0 Å². The molecule has 0 aliphatic rings. The SMILES string of the molecule is CCc1cc(CC)cc([Si](Cl)(c2cccc(C)c2)c2cccc(C)c2)c1. The van der Waals surface area contributed by atoms with Crippen LogP contribution in [-0.2, 0) is 12.8 Å². The third kappa shape index (κ3) is 3.65. The van der Waals surface area contributed by atoms with Crippen LogP contribution in [0.4, 0.5) is 0 Å². The van der Waals surface area contributed by atoms with Gasteiger partial charge in [-0.15, -0.1) is 11.1 Å². The number of rotatable bonds is 5. The van der Waals surface area contributed by atoms with Crippen molar-refractivity contribution in [2.24, 2.45) is 0 Å². The smallest absolute Gasteiger partial charge is 0.149 e. The maximum absolute atomic E-state index is 7.66. The molecular formula is C24H27ClSi. The first-order valence-corrected chi connectivity index (χ1v) is 12.4. The van der Waals surface area contributed by atoms with Crippen molar-refractivity contribution in [1.29, 1.82) is 0 Å². The standard InChI is InChI=1S/C24H27ClSi/c1-5-20-15-21(6-2)17-24(16-20)26(25,22-11-7-9-18(3)13-22)23-12-8-10-19(4)14-23/h7-17H,5-6H2,1-4H3. The van der Waals surface area contributed by atoms with Crippen LogP contribution in [-0.4, -0.2) is 7.38 Å². The van der Waals surface area contributed by atoms with Gasteiger partial charge >= 0.3 is 0 Å². The highest BCUT2D eigenvalue weighted by molar-refractivity contribution is 7.40. The lowest BCUT2D eigenvalue weighted by Gasteiger charge is -2.28. The molecule has 0 saturated heterocycles. The third-order valence-corrected chi connectivity index (χ3v) is 10.4. The summed E-state index contributed by atoms with van der Waals surface area (Å²) in [6, 6.07) is 24.5. The van der Waals surface area contributed by atoms with Gasteiger partial charge in [0.25, 0.3) is 0 Å². The fourth-order valence-electron chi connectivity index (χ4n) is 3.59. The molecule has 0 spiro atoms. The first-order chi connectivity index (χ1) is 12.5. The molecule has 0 saturated carbocycles. The molecule has 0 bridgehead atoms. The maximum Gasteiger partial charge on any atom is 0.247 e. The summed E-state index contributed by atoms with van der Waals surface area (Å²) < 4.78 is 0. The maximum atomic E-state index is 7.66. The molecule has 3 aromatic carbocycles. The Labute approximate surface area is 163 Å². The van der Waals surface area contributed by atoms with E-state index < -0.39 is 7.38 Å². The van der Waals surface area contributed by atoms with Crippen LogP contribution in [0.2, 0.25) is 0 Å². The van der Waals surface area contributed by atoms with Crippen LogP contribution in [0.5, 0.6) is 0 Å². The van der Waals surface area contributed by atoms with Crippen LogP contribution in [0, 0.1) is 13.8 Å². The quantitative estimate of drug-likeness (QED) is 0.345. The Morgan fingerprint density at radius 2 is 1.12 bits per heavy atom. The molecule has 0 aliphatic carbocycles. The fourth-order valence-corrected chi connectivity index (χ4v) is 7.89. The van der Waals surface area contributed by atoms with E-state index in [1.807, 2.05) is 0 Å². The van der Waals surface area contributed by atoms with E-state index in [0.717, 1.165) is 12.8 Å². The van der Waals surface area contributed by atoms with Gasteiger partial charge in [0.1, 0.15) is 0 Å². The molecular weight excluding hydrogens is 352 g/mol. The highest BCUT2D eigenvalue weighted by Crippen LogP contribution is 2.17. The lowest BCUT2D eigenvalue weighted by Crippen LogP contribution is -2.63. The topological polar surface area (TPSA) is 0 Å². The lowest BCUT2D eigenvalue weighted by molar-refractivity contribution is 1.09. The normalized spacial score (nSPS) is 11.6. The molecule has 0 nitrogen and oxygen atoms in total. The minimum Gasteiger partial charge on any atom is -0.149 e. The van der Waals surface area contributed by atoms with Crippen LogP contribution >= 0.6 is 11.1 Å². The van der Waals surface area contributed by atoms with Crippen molar-refractivity contribution in [2.45, 2.75) is 40.5 Å². The molecule has 0 atom stereocenters. The van der Waals surface area contributed by atoms with E-state index in [1.54, 1.807) is 0 Å². The monoisotopic (exact) mass is 378 g/mol. The van der Waals surface area contributed by atoms with E-state index >= 15 is 0 Å². The van der Waals surface area contributed by atoms with Crippen LogP contribution in [0.25, 0.3) is 0 Å². The molecule has 0 heterocycles. The Hall–Kier alpha value is -1.83. The summed E-state index contributed by atoms with van der Waals surface area (Å²) in [5.41, 5.74) is 5.26. The Morgan fingerprint density at radius 1 is 0.654 bits per heavy atom. The zero-order valence-electron chi connectivity index (χ0n) is 16.1. The summed E-state index contributed by atoms with van der Waals surface area (Å²) in [6.07, 6.45) is 2.06. The van der Waals surface area contributed by atoms with E-state index in [2.05, 4.69) is 94.4 Å². The predicted molar refractivity (Wildman–Crippen MR) is 118 cm³/mol. The molecule has 0 unspecified atom stereocenters. The first kappa shape index (κ1) is 18.9. The van der Waals surface area contributed by atoms with Crippen molar-refractivity contribution >= 4 is 34.0 Å². The summed E-state index contributed by atoms with van der Waals surface area (Å²) in [6.45, 7) is 8.72. The van der Waals surface area contributed by atoms with E-state index in [1.165, 1.54) is 37.8 Å². The van der Waals surface area contributed by atoms with E-state index in [0.29, 0.717) is 0 Å². The van der Waals surface area contributed by atoms with Crippen molar-refractivity contribution in [3.8, 4) is 0 Å². The van der Waals surface area contributed by atoms with E-state index in [-0.39, 0.29) is 0 Å². The Morgan fingerprint density at radius 3 is 1.50 bits per heavy atom. The number of aryl methyl sites for hydroxylation is 4. The van der Waals surface area contributed by atoms with Crippen molar-refractivity contribution in [1.82, 2.24) is 0 Å². The zero-order chi connectivity index (χ0) is 18.7. The lowest BCUT2D eigenvalue weighted by atomic mass is 10.1. The van der Waals surface area contributed by atoms with Gasteiger partial charge in [-0.3, -0.25) is 0 Å². The van der Waals surface area contributed by atoms with Gasteiger partial charge < -0.3 is 0 Å². The van der Waals surface area contributed by atoms with Gasteiger partial charge in [0, 0.05) is 0 Å². The second-order valence-electron chi connectivity index (χ2n) is 7.14. The molecule has 0 aromatic heterocycles. The van der Waals surface area contributed by atoms with Crippen molar-refractivity contribution in [3.63, 3.8) is 0 Å². The summed E-state index contributed by atoms with van der Waals surface area (Å²) in [5.74, 6) is 0. The summed E-state index contributed by atoms with van der Waals surface area (Å²) in [5, 5.41) is 3.83. The Kier molecular flexibility index (Phi) is 5.69. The van der Waals surface area contributed by atoms with E-state index in [9.17, 15) is 0 Å². The van der Waals surface area contributed by atoms with Gasteiger partial charge in [-0.05, 0) is 53.4 Å². The van der Waals surface area contributed by atoms with Gasteiger partial charge in [-0.25, -0.2) is 0 Å². The number of benzene rings is 3. The Balaban J connectivity index is 2.31. The van der Waals surface area contributed by atoms with Gasteiger partial charge in [-0.1, -0.05) is 91.7 Å². The average molecular weight is 379 g/mol. The summed E-state index contributed by atoms with van der Waals surface area (Å²) in [4.78, 5) is 0. The minimum atomic E-state index is -2.56. The molecule has 0 fully saturated rings. The second-order valence-corrected chi connectivity index (χ2v) is 11.9. The van der Waals surface area contributed by atoms with Gasteiger partial charge in [0.2, 0.25) is 7.38 Å². The number of hydrogen-bond donors (Lipinski definition) is 0. The largest absolute Gasteiger partial charge is 0.247 e. The van der Waals surface area contributed by atoms with Crippen molar-refractivity contribution in [2.75, 3.05) is 0 Å². The van der Waals surface area contributed by atoms with Gasteiger partial charge in [0.15, 0.2) is 0 Å². The minimum absolute atomic E-state index is 1.03. The molecule has 0 aliphatic heterocycles. The third-order valence-electron chi connectivity index (χ3n) is 5.10. The van der Waals surface area contributed by atoms with Crippen LogP contribution < -0.4 is 15.6 Å². The van der Waals surface area contributed by atoms with Crippen molar-refractivity contribution < 1.29 is 0 Å². The molecule has 3 aromatic rings. The van der Waals surface area contributed by atoms with Crippen LogP contribution in [0.15, 0.2) is 66.7 Å². The molecule has 2 heteroatoms. The Bertz CT molecular complexity index is 846. The highest BCUT2D eigenvalue weighted by atomic mass is 35.6. The van der Waals surface area contributed by atoms with Crippen LogP contribution in [0.3, 0.4) is 0 Å². The number of hydrogen-bond acceptors (Lipinski definition) is 0. The second kappa shape index (κ2) is 7.81. The molecule has 0 amide bonds. The van der Waals surface area contributed by atoms with Gasteiger partial charge in [0.05, 0.1) is 0 Å². The number of halogens is 1. The molecule has 134 valence electrons. The average Bonchev–Trinajstić information content (AvgIpc) is 2.66. The van der Waals surface area contributed by atoms with Crippen LogP contribution in [0.1, 0.15) is 36.1 Å². The molecule has 0 radical (unpaired) electrons. The molecule has 26 heavy (non-hydrogen) atoms. The van der Waals surface area contributed by atoms with E-state index in [4.69, 9.17) is 11.1 Å². The van der Waals surface area contributed by atoms with Gasteiger partial charge in [-0.2, -0.15) is 0 Å². The molecule has 0 N–H and O–H groups in total. The fraction of sp³-hybridized carbons (Fsp3) is 0.250. The summed E-state index contributed by atoms with van der Waals surface area (Å²) in [7, 11) is -2.56. The predicted octanol–water partition coefficient (Wildman–Crippen LogP) is 4.63. The molecule has 3 rings (SSSR count). The zero-order valence-corrected chi connectivity index (χ0v) is 17.9. The summed E-state index contributed by atoms with van der Waals surface area (Å²) >= 11 is 7.66.